The molecule has 0 saturated carbocycles. The van der Waals surface area contributed by atoms with Crippen molar-refractivity contribution in [1.29, 1.82) is 0 Å². The van der Waals surface area contributed by atoms with Crippen molar-refractivity contribution in [1.82, 2.24) is 4.98 Å². The van der Waals surface area contributed by atoms with Crippen LogP contribution in [-0.2, 0) is 7.05 Å². The van der Waals surface area contributed by atoms with Gasteiger partial charge in [0.2, 0.25) is 0 Å². The minimum Gasteiger partial charge on any atom is -0.232 e. The zero-order valence-corrected chi connectivity index (χ0v) is 11.5. The Balaban J connectivity index is 2.41. The van der Waals surface area contributed by atoms with Gasteiger partial charge in [-0.3, -0.25) is 0 Å². The van der Waals surface area contributed by atoms with Gasteiger partial charge in [-0.05, 0) is 42.6 Å². The van der Waals surface area contributed by atoms with E-state index in [4.69, 9.17) is 0 Å². The summed E-state index contributed by atoms with van der Waals surface area (Å²) in [4.78, 5) is 4.48. The second-order valence-electron chi connectivity index (χ2n) is 5.04. The van der Waals surface area contributed by atoms with Gasteiger partial charge in [0.05, 0.1) is 12.4 Å². The highest BCUT2D eigenvalue weighted by molar-refractivity contribution is 5.91. The normalized spacial score (nSPS) is 10.9. The monoisotopic (exact) mass is 249 g/mol. The number of nitrogens with zero attached hydrogens (tertiary/aromatic N) is 2. The first-order valence-corrected chi connectivity index (χ1v) is 6.48. The number of hydrogen-bond acceptors (Lipinski definition) is 1. The second-order valence-corrected chi connectivity index (χ2v) is 5.04. The van der Waals surface area contributed by atoms with Crippen LogP contribution in [0.5, 0.6) is 0 Å². The van der Waals surface area contributed by atoms with Crippen molar-refractivity contribution in [3.05, 3.63) is 59.9 Å². The minimum absolute atomic E-state index is 1.04. The first kappa shape index (κ1) is 11.8. The summed E-state index contributed by atoms with van der Waals surface area (Å²) in [6.45, 7) is 4.29. The molecule has 0 aliphatic rings. The molecule has 0 radical (unpaired) electrons. The van der Waals surface area contributed by atoms with E-state index >= 15 is 0 Å². The van der Waals surface area contributed by atoms with Gasteiger partial charge >= 0.3 is 0 Å². The Morgan fingerprint density at radius 1 is 1.00 bits per heavy atom. The van der Waals surface area contributed by atoms with Crippen LogP contribution in [0.15, 0.2) is 48.8 Å². The van der Waals surface area contributed by atoms with E-state index in [0.29, 0.717) is 0 Å². The van der Waals surface area contributed by atoms with Crippen LogP contribution in [0, 0.1) is 13.8 Å². The Labute approximate surface area is 113 Å². The van der Waals surface area contributed by atoms with E-state index in [2.05, 4.69) is 66.8 Å². The number of para-hydroxylation sites is 1. The highest BCUT2D eigenvalue weighted by Gasteiger charge is 2.15. The molecule has 0 amide bonds. The molecule has 2 aromatic carbocycles. The van der Waals surface area contributed by atoms with Gasteiger partial charge in [-0.25, -0.2) is 4.57 Å². The lowest BCUT2D eigenvalue weighted by Gasteiger charge is -2.09. The van der Waals surface area contributed by atoms with Gasteiger partial charge in [0.1, 0.15) is 5.69 Å². The van der Waals surface area contributed by atoms with Crippen molar-refractivity contribution < 1.29 is 4.57 Å². The number of aromatic nitrogens is 2. The zero-order valence-electron chi connectivity index (χ0n) is 11.5. The molecule has 0 spiro atoms. The van der Waals surface area contributed by atoms with Crippen LogP contribution in [0.4, 0.5) is 0 Å². The molecule has 0 bridgehead atoms. The molecule has 0 N–H and O–H groups in total. The minimum atomic E-state index is 1.04. The van der Waals surface area contributed by atoms with Crippen LogP contribution in [0.3, 0.4) is 0 Å². The van der Waals surface area contributed by atoms with Crippen LogP contribution in [0.25, 0.3) is 22.2 Å². The number of benzene rings is 2. The van der Waals surface area contributed by atoms with E-state index in [9.17, 15) is 0 Å². The summed E-state index contributed by atoms with van der Waals surface area (Å²) in [7, 11) is 2.05. The number of aryl methyl sites for hydroxylation is 3. The molecule has 0 aliphatic carbocycles. The molecule has 2 nitrogen and oxygen atoms in total. The lowest BCUT2D eigenvalue weighted by Crippen LogP contribution is -2.31. The van der Waals surface area contributed by atoms with E-state index < -0.39 is 0 Å². The fraction of sp³-hybridized carbons (Fsp3) is 0.176. The fourth-order valence-electron chi connectivity index (χ4n) is 2.51. The Hall–Kier alpha value is -2.22. The maximum atomic E-state index is 4.48. The molecule has 2 heteroatoms. The van der Waals surface area contributed by atoms with E-state index in [1.165, 1.54) is 27.8 Å². The summed E-state index contributed by atoms with van der Waals surface area (Å²) < 4.78 is 2.10. The summed E-state index contributed by atoms with van der Waals surface area (Å²) in [5.41, 5.74) is 6.11. The molecule has 3 aromatic rings. The average molecular weight is 249 g/mol. The second kappa shape index (κ2) is 4.47. The third-order valence-electron chi connectivity index (χ3n) is 3.53. The number of fused-ring (bicyclic) bond motifs is 1. The lowest BCUT2D eigenvalue weighted by atomic mass is 9.99. The number of hydrogen-bond donors (Lipinski definition) is 0. The molecular formula is C17H17N2+. The predicted octanol–water partition coefficient (Wildman–Crippen LogP) is 3.34. The van der Waals surface area contributed by atoms with Crippen molar-refractivity contribution in [2.75, 3.05) is 0 Å². The predicted molar refractivity (Wildman–Crippen MR) is 77.8 cm³/mol. The summed E-state index contributed by atoms with van der Waals surface area (Å²) in [5.74, 6) is 0. The first-order valence-electron chi connectivity index (χ1n) is 6.48. The smallest absolute Gasteiger partial charge is 0.232 e. The largest absolute Gasteiger partial charge is 0.287 e. The molecular weight excluding hydrogens is 232 g/mol. The fourth-order valence-corrected chi connectivity index (χ4v) is 2.51. The molecule has 0 unspecified atom stereocenters. The van der Waals surface area contributed by atoms with Crippen molar-refractivity contribution in [2.24, 2.45) is 7.05 Å². The van der Waals surface area contributed by atoms with Crippen LogP contribution in [-0.4, -0.2) is 4.98 Å². The van der Waals surface area contributed by atoms with E-state index in [0.717, 1.165) is 5.52 Å². The molecule has 3 rings (SSSR count). The van der Waals surface area contributed by atoms with Crippen molar-refractivity contribution >= 4 is 10.9 Å². The van der Waals surface area contributed by atoms with Gasteiger partial charge in [0, 0.05) is 5.56 Å². The quantitative estimate of drug-likeness (QED) is 0.604. The van der Waals surface area contributed by atoms with E-state index in [1.54, 1.807) is 0 Å². The van der Waals surface area contributed by atoms with Crippen molar-refractivity contribution in [3.63, 3.8) is 0 Å². The molecule has 0 atom stereocenters. The SMILES string of the molecule is Cc1ccc(C)c(-c2c3ccccc3nc[n+]2C)c1. The zero-order chi connectivity index (χ0) is 13.4. The number of rotatable bonds is 1. The molecule has 1 heterocycles. The van der Waals surface area contributed by atoms with Gasteiger partial charge in [-0.2, -0.15) is 0 Å². The Morgan fingerprint density at radius 2 is 1.79 bits per heavy atom. The van der Waals surface area contributed by atoms with Crippen LogP contribution >= 0.6 is 0 Å². The van der Waals surface area contributed by atoms with Crippen LogP contribution in [0.2, 0.25) is 0 Å². The van der Waals surface area contributed by atoms with E-state index in [1.807, 2.05) is 12.4 Å². The highest BCUT2D eigenvalue weighted by Crippen LogP contribution is 2.27. The topological polar surface area (TPSA) is 16.8 Å². The van der Waals surface area contributed by atoms with Crippen molar-refractivity contribution in [3.8, 4) is 11.3 Å². The van der Waals surface area contributed by atoms with Gasteiger partial charge in [0.15, 0.2) is 5.52 Å². The Bertz CT molecular complexity index is 760. The first-order chi connectivity index (χ1) is 9.16. The van der Waals surface area contributed by atoms with Crippen LogP contribution in [0.1, 0.15) is 11.1 Å². The average Bonchev–Trinajstić information content (AvgIpc) is 2.42. The molecule has 0 aliphatic heterocycles. The Morgan fingerprint density at radius 3 is 2.63 bits per heavy atom. The van der Waals surface area contributed by atoms with E-state index in [-0.39, 0.29) is 0 Å². The Kier molecular flexibility index (Phi) is 2.79. The molecule has 0 fully saturated rings. The van der Waals surface area contributed by atoms with Gasteiger partial charge in [-0.15, -0.1) is 0 Å². The summed E-state index contributed by atoms with van der Waals surface area (Å²) in [6, 6.07) is 14.9. The molecule has 94 valence electrons. The summed E-state index contributed by atoms with van der Waals surface area (Å²) in [6.07, 6.45) is 1.89. The third-order valence-corrected chi connectivity index (χ3v) is 3.53. The molecule has 0 saturated heterocycles. The van der Waals surface area contributed by atoms with Gasteiger partial charge in [-0.1, -0.05) is 29.8 Å². The highest BCUT2D eigenvalue weighted by atomic mass is 15.0. The maximum absolute atomic E-state index is 4.48. The maximum Gasteiger partial charge on any atom is 0.287 e. The lowest BCUT2D eigenvalue weighted by molar-refractivity contribution is -0.662. The van der Waals surface area contributed by atoms with Crippen LogP contribution < -0.4 is 4.57 Å². The third kappa shape index (κ3) is 1.99. The van der Waals surface area contributed by atoms with Gasteiger partial charge in [0.25, 0.3) is 6.33 Å². The molecule has 1 aromatic heterocycles. The van der Waals surface area contributed by atoms with Gasteiger partial charge < -0.3 is 0 Å². The summed E-state index contributed by atoms with van der Waals surface area (Å²) >= 11 is 0. The molecule has 19 heavy (non-hydrogen) atoms. The standard InChI is InChI=1S/C17H17N2/c1-12-8-9-13(2)15(10-12)17-14-6-4-5-7-16(14)18-11-19(17)3/h4-11H,1-3H3/q+1. The summed E-state index contributed by atoms with van der Waals surface area (Å²) in [5, 5.41) is 1.20. The van der Waals surface area contributed by atoms with Crippen molar-refractivity contribution in [2.45, 2.75) is 13.8 Å².